The van der Waals surface area contributed by atoms with Crippen LogP contribution in [0.3, 0.4) is 0 Å². The van der Waals surface area contributed by atoms with Gasteiger partial charge in [-0.2, -0.15) is 0 Å². The van der Waals surface area contributed by atoms with Crippen LogP contribution >= 0.6 is 0 Å². The summed E-state index contributed by atoms with van der Waals surface area (Å²) in [4.78, 5) is 7.37. The molecule has 0 aliphatic heterocycles. The molecule has 2 N–H and O–H groups in total. The first-order valence-corrected chi connectivity index (χ1v) is 6.00. The van der Waals surface area contributed by atoms with Crippen molar-refractivity contribution in [2.24, 2.45) is 5.92 Å². The molecule has 1 heterocycles. The average molecular weight is 207 g/mol. The Morgan fingerprint density at radius 3 is 3.00 bits per heavy atom. The second kappa shape index (κ2) is 4.79. The predicted octanol–water partition coefficient (Wildman–Crippen LogP) is 2.29. The zero-order chi connectivity index (χ0) is 10.7. The monoisotopic (exact) mass is 207 g/mol. The summed E-state index contributed by atoms with van der Waals surface area (Å²) in [7, 11) is 2.09. The highest BCUT2D eigenvalue weighted by Gasteiger charge is 2.29. The van der Waals surface area contributed by atoms with Crippen LogP contribution in [-0.4, -0.2) is 23.1 Å². The van der Waals surface area contributed by atoms with Crippen LogP contribution in [0.1, 0.15) is 44.2 Å². The van der Waals surface area contributed by atoms with Crippen molar-refractivity contribution < 1.29 is 0 Å². The smallest absolute Gasteiger partial charge is 0.0921 e. The van der Waals surface area contributed by atoms with E-state index in [2.05, 4.69) is 29.3 Å². The Bertz CT molecular complexity index is 281. The van der Waals surface area contributed by atoms with E-state index in [9.17, 15) is 0 Å². The first-order valence-electron chi connectivity index (χ1n) is 6.00. The summed E-state index contributed by atoms with van der Waals surface area (Å²) in [6, 6.07) is 0.717. The number of H-pyrrole nitrogens is 1. The van der Waals surface area contributed by atoms with Gasteiger partial charge >= 0.3 is 0 Å². The summed E-state index contributed by atoms with van der Waals surface area (Å²) >= 11 is 0. The van der Waals surface area contributed by atoms with Crippen molar-refractivity contribution in [1.82, 2.24) is 15.3 Å². The van der Waals surface area contributed by atoms with Gasteiger partial charge in [0, 0.05) is 23.9 Å². The molecule has 15 heavy (non-hydrogen) atoms. The molecule has 3 heteroatoms. The molecular weight excluding hydrogens is 186 g/mol. The maximum absolute atomic E-state index is 4.12. The van der Waals surface area contributed by atoms with Gasteiger partial charge in [0.25, 0.3) is 0 Å². The molecule has 2 rings (SSSR count). The fourth-order valence-electron chi connectivity index (χ4n) is 2.87. The first kappa shape index (κ1) is 10.7. The van der Waals surface area contributed by atoms with Gasteiger partial charge in [0.05, 0.1) is 6.33 Å². The first-order chi connectivity index (χ1) is 7.35. The van der Waals surface area contributed by atoms with E-state index < -0.39 is 0 Å². The van der Waals surface area contributed by atoms with Crippen molar-refractivity contribution in [2.75, 3.05) is 7.05 Å². The van der Waals surface area contributed by atoms with Crippen LogP contribution in [0.5, 0.6) is 0 Å². The van der Waals surface area contributed by atoms with Crippen LogP contribution in [0.15, 0.2) is 12.5 Å². The van der Waals surface area contributed by atoms with Crippen molar-refractivity contribution >= 4 is 0 Å². The zero-order valence-electron chi connectivity index (χ0n) is 9.66. The number of imidazole rings is 1. The molecule has 1 fully saturated rings. The summed E-state index contributed by atoms with van der Waals surface area (Å²) in [5.41, 5.74) is 1.32. The molecular formula is C12H21N3. The quantitative estimate of drug-likeness (QED) is 0.798. The minimum Gasteiger partial charge on any atom is -0.348 e. The molecule has 1 aromatic heterocycles. The number of rotatable bonds is 3. The van der Waals surface area contributed by atoms with E-state index in [1.807, 2.05) is 6.20 Å². The Morgan fingerprint density at radius 2 is 2.40 bits per heavy atom. The van der Waals surface area contributed by atoms with Gasteiger partial charge in [-0.3, -0.25) is 0 Å². The van der Waals surface area contributed by atoms with E-state index in [1.54, 1.807) is 6.33 Å². The molecule has 1 saturated carbocycles. The van der Waals surface area contributed by atoms with Gasteiger partial charge in [0.1, 0.15) is 0 Å². The molecule has 3 atom stereocenters. The van der Waals surface area contributed by atoms with Crippen molar-refractivity contribution in [3.05, 3.63) is 18.2 Å². The molecule has 0 radical (unpaired) electrons. The van der Waals surface area contributed by atoms with Gasteiger partial charge in [-0.25, -0.2) is 4.98 Å². The van der Waals surface area contributed by atoms with Crippen LogP contribution in [0.4, 0.5) is 0 Å². The van der Waals surface area contributed by atoms with E-state index in [4.69, 9.17) is 0 Å². The van der Waals surface area contributed by atoms with Crippen molar-refractivity contribution in [3.8, 4) is 0 Å². The van der Waals surface area contributed by atoms with E-state index in [0.29, 0.717) is 12.0 Å². The SMILES string of the molecule is CCC1CC(c2cnc[nH]2)CCC1NC. The third-order valence-corrected chi connectivity index (χ3v) is 3.84. The van der Waals surface area contributed by atoms with Crippen LogP contribution in [0, 0.1) is 5.92 Å². The van der Waals surface area contributed by atoms with Crippen molar-refractivity contribution in [2.45, 2.75) is 44.6 Å². The molecule has 1 aliphatic carbocycles. The molecule has 1 aromatic rings. The summed E-state index contributed by atoms with van der Waals surface area (Å²) in [6.07, 6.45) is 8.92. The predicted molar refractivity (Wildman–Crippen MR) is 61.8 cm³/mol. The minimum atomic E-state index is 0.696. The van der Waals surface area contributed by atoms with E-state index in [0.717, 1.165) is 5.92 Å². The molecule has 84 valence electrons. The molecule has 0 spiro atoms. The van der Waals surface area contributed by atoms with Gasteiger partial charge < -0.3 is 10.3 Å². The van der Waals surface area contributed by atoms with E-state index in [1.165, 1.54) is 31.4 Å². The highest BCUT2D eigenvalue weighted by Crippen LogP contribution is 2.36. The zero-order valence-corrected chi connectivity index (χ0v) is 9.66. The maximum atomic E-state index is 4.12. The fraction of sp³-hybridized carbons (Fsp3) is 0.750. The number of aromatic nitrogens is 2. The number of hydrogen-bond acceptors (Lipinski definition) is 2. The third kappa shape index (κ3) is 2.23. The topological polar surface area (TPSA) is 40.7 Å². The van der Waals surface area contributed by atoms with Crippen LogP contribution in [0.25, 0.3) is 0 Å². The average Bonchev–Trinajstić information content (AvgIpc) is 2.81. The van der Waals surface area contributed by atoms with Crippen LogP contribution in [-0.2, 0) is 0 Å². The Labute approximate surface area is 91.7 Å². The Morgan fingerprint density at radius 1 is 1.53 bits per heavy atom. The van der Waals surface area contributed by atoms with E-state index >= 15 is 0 Å². The highest BCUT2D eigenvalue weighted by atomic mass is 14.9. The Hall–Kier alpha value is -0.830. The standard InChI is InChI=1S/C12H21N3/c1-3-9-6-10(4-5-11(9)13-2)12-7-14-8-15-12/h7-11,13H,3-6H2,1-2H3,(H,14,15). The molecule has 0 bridgehead atoms. The van der Waals surface area contributed by atoms with Gasteiger partial charge in [0.15, 0.2) is 0 Å². The number of aromatic amines is 1. The van der Waals surface area contributed by atoms with Gasteiger partial charge in [-0.05, 0) is 32.2 Å². The summed E-state index contributed by atoms with van der Waals surface area (Å²) < 4.78 is 0. The van der Waals surface area contributed by atoms with Gasteiger partial charge in [-0.1, -0.05) is 13.3 Å². The second-order valence-electron chi connectivity index (χ2n) is 4.58. The van der Waals surface area contributed by atoms with Gasteiger partial charge in [0.2, 0.25) is 0 Å². The Balaban J connectivity index is 2.01. The number of hydrogen-bond donors (Lipinski definition) is 2. The molecule has 0 aromatic carbocycles. The largest absolute Gasteiger partial charge is 0.348 e. The van der Waals surface area contributed by atoms with E-state index in [-0.39, 0.29) is 0 Å². The maximum Gasteiger partial charge on any atom is 0.0921 e. The van der Waals surface area contributed by atoms with Crippen LogP contribution in [0.2, 0.25) is 0 Å². The second-order valence-corrected chi connectivity index (χ2v) is 4.58. The normalized spacial score (nSPS) is 31.7. The lowest BCUT2D eigenvalue weighted by Gasteiger charge is -2.35. The lowest BCUT2D eigenvalue weighted by molar-refractivity contribution is 0.241. The Kier molecular flexibility index (Phi) is 3.41. The number of nitrogens with zero attached hydrogens (tertiary/aromatic N) is 1. The number of nitrogens with one attached hydrogen (secondary N) is 2. The molecule has 0 amide bonds. The lowest BCUT2D eigenvalue weighted by Crippen LogP contribution is -2.37. The fourth-order valence-corrected chi connectivity index (χ4v) is 2.87. The molecule has 3 nitrogen and oxygen atoms in total. The third-order valence-electron chi connectivity index (χ3n) is 3.84. The van der Waals surface area contributed by atoms with Crippen LogP contribution < -0.4 is 5.32 Å². The minimum absolute atomic E-state index is 0.696. The molecule has 0 saturated heterocycles. The van der Waals surface area contributed by atoms with Crippen molar-refractivity contribution in [1.29, 1.82) is 0 Å². The molecule has 3 unspecified atom stereocenters. The lowest BCUT2D eigenvalue weighted by atomic mass is 9.76. The highest BCUT2D eigenvalue weighted by molar-refractivity contribution is 5.06. The summed E-state index contributed by atoms with van der Waals surface area (Å²) in [5.74, 6) is 1.51. The molecule has 1 aliphatic rings. The van der Waals surface area contributed by atoms with Crippen molar-refractivity contribution in [3.63, 3.8) is 0 Å². The van der Waals surface area contributed by atoms with Gasteiger partial charge in [-0.15, -0.1) is 0 Å². The summed E-state index contributed by atoms with van der Waals surface area (Å²) in [6.45, 7) is 2.30. The summed E-state index contributed by atoms with van der Waals surface area (Å²) in [5, 5.41) is 3.44.